The maximum atomic E-state index is 11.6. The van der Waals surface area contributed by atoms with Gasteiger partial charge in [-0.1, -0.05) is 62.6 Å². The molecular formula is C20H36NO5PS. The Balaban J connectivity index is 3.36. The van der Waals surface area contributed by atoms with E-state index in [1.54, 1.807) is 0 Å². The van der Waals surface area contributed by atoms with E-state index in [-0.39, 0.29) is 5.91 Å². The fraction of sp³-hybridized carbons (Fsp3) is 0.650. The molecular weight excluding hydrogens is 397 g/mol. The van der Waals surface area contributed by atoms with Crippen molar-refractivity contribution < 1.29 is 23.1 Å². The van der Waals surface area contributed by atoms with Crippen molar-refractivity contribution in [1.29, 1.82) is 0 Å². The number of hydrogen-bond acceptors (Lipinski definition) is 4. The lowest BCUT2D eigenvalue weighted by atomic mass is 10.1. The van der Waals surface area contributed by atoms with Crippen LogP contribution < -0.4 is 5.32 Å². The van der Waals surface area contributed by atoms with Crippen LogP contribution in [-0.2, 0) is 13.3 Å². The van der Waals surface area contributed by atoms with Crippen LogP contribution in [0.25, 0.3) is 0 Å². The third-order valence-corrected chi connectivity index (χ3v) is 5.28. The Morgan fingerprint density at radius 2 is 1.57 bits per heavy atom. The first kappa shape index (κ1) is 27.1. The monoisotopic (exact) mass is 433 g/mol. The molecule has 0 radical (unpaired) electrons. The van der Waals surface area contributed by atoms with Crippen LogP contribution >= 0.6 is 19.9 Å². The number of allylic oxidation sites excluding steroid dienone is 6. The minimum atomic E-state index is -4.43. The van der Waals surface area contributed by atoms with Gasteiger partial charge in [-0.25, -0.2) is 8.54 Å². The van der Waals surface area contributed by atoms with Gasteiger partial charge in [0, 0.05) is 30.8 Å². The number of amides is 1. The molecule has 3 N–H and O–H groups in total. The molecule has 0 rings (SSSR count). The minimum absolute atomic E-state index is 0.0297. The Bertz CT molecular complexity index is 517. The zero-order valence-electron chi connectivity index (χ0n) is 16.9. The van der Waals surface area contributed by atoms with Crippen LogP contribution in [0, 0.1) is 0 Å². The molecule has 6 nitrogen and oxygen atoms in total. The van der Waals surface area contributed by atoms with Crippen LogP contribution in [0.4, 0.5) is 0 Å². The predicted molar refractivity (Wildman–Crippen MR) is 118 cm³/mol. The van der Waals surface area contributed by atoms with Gasteiger partial charge in [0.05, 0.1) is 0 Å². The molecule has 0 spiro atoms. The van der Waals surface area contributed by atoms with Crippen LogP contribution in [0.2, 0.25) is 0 Å². The average Bonchev–Trinajstić information content (AvgIpc) is 2.63. The highest BCUT2D eigenvalue weighted by atomic mass is 32.2. The van der Waals surface area contributed by atoms with E-state index in [2.05, 4.69) is 52.7 Å². The first-order chi connectivity index (χ1) is 13.5. The molecule has 0 bridgehead atoms. The van der Waals surface area contributed by atoms with Gasteiger partial charge in [-0.2, -0.15) is 0 Å². The Morgan fingerprint density at radius 3 is 2.25 bits per heavy atom. The lowest BCUT2D eigenvalue weighted by Gasteiger charge is -2.06. The lowest BCUT2D eigenvalue weighted by molar-refractivity contribution is -0.121. The van der Waals surface area contributed by atoms with Crippen LogP contribution in [0.15, 0.2) is 36.5 Å². The Labute approximate surface area is 174 Å². The molecule has 0 heterocycles. The summed E-state index contributed by atoms with van der Waals surface area (Å²) in [7, 11) is -4.43. The van der Waals surface area contributed by atoms with E-state index in [0.29, 0.717) is 30.8 Å². The predicted octanol–water partition coefficient (Wildman–Crippen LogP) is 5.45. The van der Waals surface area contributed by atoms with Gasteiger partial charge in [0.1, 0.15) is 0 Å². The highest BCUT2D eigenvalue weighted by Crippen LogP contribution is 2.40. The number of hydrogen-bond donors (Lipinski definition) is 3. The first-order valence-corrected chi connectivity index (χ1v) is 12.5. The Hall–Kier alpha value is -0.850. The molecule has 0 aromatic rings. The fourth-order valence-electron chi connectivity index (χ4n) is 2.33. The number of nitrogens with one attached hydrogen (secondary N) is 1. The second-order valence-corrected chi connectivity index (χ2v) is 8.56. The molecule has 0 unspecified atom stereocenters. The van der Waals surface area contributed by atoms with Gasteiger partial charge < -0.3 is 15.1 Å². The van der Waals surface area contributed by atoms with Crippen LogP contribution in [0.3, 0.4) is 0 Å². The zero-order valence-corrected chi connectivity index (χ0v) is 18.6. The topological polar surface area (TPSA) is 95.9 Å². The van der Waals surface area contributed by atoms with Gasteiger partial charge in [0.2, 0.25) is 5.91 Å². The number of unbranched alkanes of at least 4 members (excludes halogenated alkanes) is 5. The molecule has 0 saturated heterocycles. The van der Waals surface area contributed by atoms with Gasteiger partial charge in [0.15, 0.2) is 0 Å². The van der Waals surface area contributed by atoms with Crippen molar-refractivity contribution in [3.8, 4) is 0 Å². The summed E-state index contributed by atoms with van der Waals surface area (Å²) in [4.78, 5) is 28.6. The molecule has 0 aliphatic carbocycles. The molecule has 0 saturated carbocycles. The summed E-state index contributed by atoms with van der Waals surface area (Å²) in [6.07, 6.45) is 23.3. The van der Waals surface area contributed by atoms with Gasteiger partial charge in [-0.15, -0.1) is 0 Å². The normalized spacial score (nSPS) is 12.5. The summed E-state index contributed by atoms with van der Waals surface area (Å²) in [6.45, 7) is 2.47. The van der Waals surface area contributed by atoms with Gasteiger partial charge in [0.25, 0.3) is 0 Å². The van der Waals surface area contributed by atoms with Crippen molar-refractivity contribution in [2.75, 3.05) is 12.3 Å². The van der Waals surface area contributed by atoms with E-state index in [4.69, 9.17) is 9.79 Å². The molecule has 1 amide bonds. The van der Waals surface area contributed by atoms with E-state index in [1.165, 1.54) is 12.8 Å². The Kier molecular flexibility index (Phi) is 18.9. The van der Waals surface area contributed by atoms with Gasteiger partial charge >= 0.3 is 7.82 Å². The number of carbonyl (C=O) groups is 1. The second-order valence-electron chi connectivity index (χ2n) is 6.34. The zero-order chi connectivity index (χ0) is 20.9. The molecule has 0 aliphatic rings. The molecule has 0 aliphatic heterocycles. The van der Waals surface area contributed by atoms with E-state index in [9.17, 15) is 9.36 Å². The smallest absolute Gasteiger partial charge is 0.355 e. The summed E-state index contributed by atoms with van der Waals surface area (Å²) < 4.78 is 14.7. The summed E-state index contributed by atoms with van der Waals surface area (Å²) in [5.74, 6) is 0.272. The van der Waals surface area contributed by atoms with E-state index in [0.717, 1.165) is 44.9 Å². The van der Waals surface area contributed by atoms with E-state index >= 15 is 0 Å². The standard InChI is InChI=1S/C20H36NO5PS/c1-2-3-4-5-6-7-8-9-10-11-12-13-14-15-16-17-20(22)21-18-19-28-26-27(23,24)25/h3-4,6-7,9-10H,2,5,8,11-19H2,1H3,(H,21,22)(H2,23,24,25)/b4-3-,7-6-,10-9-. The van der Waals surface area contributed by atoms with E-state index in [1.807, 2.05) is 0 Å². The quantitative estimate of drug-likeness (QED) is 0.115. The molecule has 0 aromatic carbocycles. The van der Waals surface area contributed by atoms with Crippen molar-refractivity contribution in [2.24, 2.45) is 0 Å². The fourth-order valence-corrected chi connectivity index (χ4v) is 3.36. The van der Waals surface area contributed by atoms with Crippen molar-refractivity contribution in [1.82, 2.24) is 5.32 Å². The van der Waals surface area contributed by atoms with E-state index < -0.39 is 7.82 Å². The first-order valence-electron chi connectivity index (χ1n) is 10.0. The molecule has 0 atom stereocenters. The van der Waals surface area contributed by atoms with Crippen LogP contribution in [0.5, 0.6) is 0 Å². The average molecular weight is 434 g/mol. The van der Waals surface area contributed by atoms with Crippen LogP contribution in [-0.4, -0.2) is 28.0 Å². The number of rotatable bonds is 18. The summed E-state index contributed by atoms with van der Waals surface area (Å²) in [5.41, 5.74) is 0. The van der Waals surface area contributed by atoms with Crippen molar-refractivity contribution in [3.63, 3.8) is 0 Å². The SMILES string of the molecule is CC/C=C\C/C=C\C/C=C\CCCCCCCC(=O)NCCSOP(=O)(O)O. The maximum absolute atomic E-state index is 11.6. The van der Waals surface area contributed by atoms with Crippen LogP contribution in [0.1, 0.15) is 71.1 Å². The minimum Gasteiger partial charge on any atom is -0.355 e. The second kappa shape index (κ2) is 19.5. The third kappa shape index (κ3) is 23.2. The van der Waals surface area contributed by atoms with Gasteiger partial charge in [-0.05, 0) is 38.5 Å². The summed E-state index contributed by atoms with van der Waals surface area (Å²) in [5, 5.41) is 2.71. The molecule has 28 heavy (non-hydrogen) atoms. The van der Waals surface area contributed by atoms with Crippen molar-refractivity contribution in [3.05, 3.63) is 36.5 Å². The maximum Gasteiger partial charge on any atom is 0.480 e. The largest absolute Gasteiger partial charge is 0.480 e. The number of carbonyl (C=O) groups excluding carboxylic acids is 1. The van der Waals surface area contributed by atoms with Crippen molar-refractivity contribution >= 4 is 25.8 Å². The molecule has 162 valence electrons. The van der Waals surface area contributed by atoms with Crippen molar-refractivity contribution in [2.45, 2.75) is 71.1 Å². The summed E-state index contributed by atoms with van der Waals surface area (Å²) in [6, 6.07) is 0. The highest BCUT2D eigenvalue weighted by Gasteiger charge is 2.13. The van der Waals surface area contributed by atoms with Gasteiger partial charge in [-0.3, -0.25) is 4.79 Å². The lowest BCUT2D eigenvalue weighted by Crippen LogP contribution is -2.25. The highest BCUT2D eigenvalue weighted by molar-refractivity contribution is 7.97. The number of phosphoric acid groups is 1. The molecule has 0 aromatic heterocycles. The Morgan fingerprint density at radius 1 is 0.964 bits per heavy atom. The molecule has 8 heteroatoms. The third-order valence-electron chi connectivity index (χ3n) is 3.71. The summed E-state index contributed by atoms with van der Waals surface area (Å²) >= 11 is 0.662. The molecule has 0 fully saturated rings.